The SMILES string of the molecule is CCc1ccc(Cl)c(C2CCC(=O)NC2=O)c1. The van der Waals surface area contributed by atoms with E-state index in [0.717, 1.165) is 17.5 Å². The minimum atomic E-state index is -0.299. The predicted molar refractivity (Wildman–Crippen MR) is 66.0 cm³/mol. The van der Waals surface area contributed by atoms with E-state index in [2.05, 4.69) is 12.2 Å². The first-order chi connectivity index (χ1) is 8.11. The summed E-state index contributed by atoms with van der Waals surface area (Å²) in [4.78, 5) is 22.9. The van der Waals surface area contributed by atoms with Crippen molar-refractivity contribution in [1.29, 1.82) is 0 Å². The Kier molecular flexibility index (Phi) is 3.48. The van der Waals surface area contributed by atoms with Gasteiger partial charge in [0.05, 0.1) is 5.92 Å². The largest absolute Gasteiger partial charge is 0.296 e. The lowest BCUT2D eigenvalue weighted by Crippen LogP contribution is -2.39. The fraction of sp³-hybridized carbons (Fsp3) is 0.385. The van der Waals surface area contributed by atoms with E-state index in [0.29, 0.717) is 17.9 Å². The van der Waals surface area contributed by atoms with Gasteiger partial charge >= 0.3 is 0 Å². The monoisotopic (exact) mass is 251 g/mol. The smallest absolute Gasteiger partial charge is 0.234 e. The van der Waals surface area contributed by atoms with Crippen LogP contribution in [0.5, 0.6) is 0 Å². The Morgan fingerprint density at radius 3 is 2.82 bits per heavy atom. The summed E-state index contributed by atoms with van der Waals surface area (Å²) in [6.45, 7) is 2.05. The molecule has 0 spiro atoms. The number of benzene rings is 1. The summed E-state index contributed by atoms with van der Waals surface area (Å²) in [5.41, 5.74) is 1.98. The second-order valence-electron chi connectivity index (χ2n) is 4.21. The number of rotatable bonds is 2. The van der Waals surface area contributed by atoms with Crippen LogP contribution in [-0.4, -0.2) is 11.8 Å². The molecule has 90 valence electrons. The van der Waals surface area contributed by atoms with E-state index in [1.165, 1.54) is 0 Å². The fourth-order valence-corrected chi connectivity index (χ4v) is 2.32. The predicted octanol–water partition coefficient (Wildman–Crippen LogP) is 2.42. The molecule has 17 heavy (non-hydrogen) atoms. The first-order valence-electron chi connectivity index (χ1n) is 5.74. The first-order valence-corrected chi connectivity index (χ1v) is 6.11. The molecule has 1 aromatic rings. The molecule has 1 unspecified atom stereocenters. The Bertz CT molecular complexity index is 470. The molecule has 1 saturated heterocycles. The molecule has 1 aliphatic rings. The van der Waals surface area contributed by atoms with Crippen LogP contribution in [0.2, 0.25) is 5.02 Å². The van der Waals surface area contributed by atoms with E-state index in [4.69, 9.17) is 11.6 Å². The molecule has 1 N–H and O–H groups in total. The second-order valence-corrected chi connectivity index (χ2v) is 4.62. The summed E-state index contributed by atoms with van der Waals surface area (Å²) < 4.78 is 0. The van der Waals surface area contributed by atoms with Gasteiger partial charge in [-0.1, -0.05) is 30.7 Å². The highest BCUT2D eigenvalue weighted by molar-refractivity contribution is 6.31. The molecule has 3 nitrogen and oxygen atoms in total. The number of aryl methyl sites for hydroxylation is 1. The molecule has 1 fully saturated rings. The van der Waals surface area contributed by atoms with Crippen molar-refractivity contribution in [1.82, 2.24) is 5.32 Å². The quantitative estimate of drug-likeness (QED) is 0.821. The van der Waals surface area contributed by atoms with Crippen LogP contribution in [0.15, 0.2) is 18.2 Å². The molecule has 0 saturated carbocycles. The molecule has 0 aromatic heterocycles. The lowest BCUT2D eigenvalue weighted by atomic mass is 9.89. The number of nitrogens with one attached hydrogen (secondary N) is 1. The molecule has 2 rings (SSSR count). The molecule has 0 aliphatic carbocycles. The van der Waals surface area contributed by atoms with Gasteiger partial charge in [0.25, 0.3) is 0 Å². The maximum absolute atomic E-state index is 11.8. The Hall–Kier alpha value is -1.35. The van der Waals surface area contributed by atoms with Gasteiger partial charge in [-0.2, -0.15) is 0 Å². The highest BCUT2D eigenvalue weighted by Gasteiger charge is 2.29. The van der Waals surface area contributed by atoms with Crippen molar-refractivity contribution < 1.29 is 9.59 Å². The van der Waals surface area contributed by atoms with E-state index in [-0.39, 0.29) is 17.7 Å². The Morgan fingerprint density at radius 1 is 1.41 bits per heavy atom. The molecular formula is C13H14ClNO2. The summed E-state index contributed by atoms with van der Waals surface area (Å²) in [5, 5.41) is 2.95. The maximum atomic E-state index is 11.8. The normalized spacial score (nSPS) is 20.2. The van der Waals surface area contributed by atoms with Gasteiger partial charge in [0, 0.05) is 11.4 Å². The highest BCUT2D eigenvalue weighted by Crippen LogP contribution is 2.31. The number of carbonyl (C=O) groups is 2. The van der Waals surface area contributed by atoms with Crippen molar-refractivity contribution in [3.05, 3.63) is 34.3 Å². The van der Waals surface area contributed by atoms with Crippen LogP contribution in [0.3, 0.4) is 0 Å². The zero-order valence-corrected chi connectivity index (χ0v) is 10.4. The average Bonchev–Trinajstić information content (AvgIpc) is 2.30. The Labute approximate surface area is 105 Å². The molecule has 2 amide bonds. The van der Waals surface area contributed by atoms with Crippen LogP contribution in [0.4, 0.5) is 0 Å². The Morgan fingerprint density at radius 2 is 2.18 bits per heavy atom. The van der Waals surface area contributed by atoms with E-state index in [1.54, 1.807) is 0 Å². The third-order valence-electron chi connectivity index (χ3n) is 3.08. The number of piperidine rings is 1. The maximum Gasteiger partial charge on any atom is 0.234 e. The topological polar surface area (TPSA) is 46.2 Å². The number of carbonyl (C=O) groups excluding carboxylic acids is 2. The third kappa shape index (κ3) is 2.50. The molecule has 0 radical (unpaired) electrons. The molecule has 1 atom stereocenters. The van der Waals surface area contributed by atoms with Crippen molar-refractivity contribution in [3.8, 4) is 0 Å². The second kappa shape index (κ2) is 4.88. The van der Waals surface area contributed by atoms with Gasteiger partial charge in [-0.3, -0.25) is 14.9 Å². The first kappa shape index (κ1) is 12.1. The highest BCUT2D eigenvalue weighted by atomic mass is 35.5. The zero-order valence-electron chi connectivity index (χ0n) is 9.63. The summed E-state index contributed by atoms with van der Waals surface area (Å²) in [7, 11) is 0. The van der Waals surface area contributed by atoms with E-state index < -0.39 is 0 Å². The number of hydrogen-bond acceptors (Lipinski definition) is 2. The summed E-state index contributed by atoms with van der Waals surface area (Å²) in [5.74, 6) is -0.739. The summed E-state index contributed by atoms with van der Waals surface area (Å²) >= 11 is 6.12. The van der Waals surface area contributed by atoms with E-state index >= 15 is 0 Å². The lowest BCUT2D eigenvalue weighted by Gasteiger charge is -2.22. The molecule has 0 bridgehead atoms. The summed E-state index contributed by atoms with van der Waals surface area (Å²) in [6, 6.07) is 5.74. The van der Waals surface area contributed by atoms with E-state index in [1.807, 2.05) is 18.2 Å². The van der Waals surface area contributed by atoms with Crippen molar-refractivity contribution in [2.24, 2.45) is 0 Å². The fourth-order valence-electron chi connectivity index (χ4n) is 2.07. The standard InChI is InChI=1S/C13H14ClNO2/c1-2-8-3-5-11(14)10(7-8)9-4-6-12(16)15-13(9)17/h3,5,7,9H,2,4,6H2,1H3,(H,15,16,17). The molecule has 4 heteroatoms. The Balaban J connectivity index is 2.33. The van der Waals surface area contributed by atoms with Gasteiger partial charge in [0.1, 0.15) is 0 Å². The van der Waals surface area contributed by atoms with Gasteiger partial charge in [-0.05, 0) is 30.0 Å². The molecular weight excluding hydrogens is 238 g/mol. The van der Waals surface area contributed by atoms with Crippen LogP contribution in [0.25, 0.3) is 0 Å². The molecule has 1 heterocycles. The van der Waals surface area contributed by atoms with Crippen LogP contribution in [-0.2, 0) is 16.0 Å². The summed E-state index contributed by atoms with van der Waals surface area (Å²) in [6.07, 6.45) is 1.82. The van der Waals surface area contributed by atoms with Gasteiger partial charge in [0.15, 0.2) is 0 Å². The van der Waals surface area contributed by atoms with Crippen LogP contribution in [0, 0.1) is 0 Å². The number of imide groups is 1. The van der Waals surface area contributed by atoms with Gasteiger partial charge in [-0.15, -0.1) is 0 Å². The van der Waals surface area contributed by atoms with Crippen LogP contribution >= 0.6 is 11.6 Å². The van der Waals surface area contributed by atoms with Crippen molar-refractivity contribution in [3.63, 3.8) is 0 Å². The van der Waals surface area contributed by atoms with E-state index in [9.17, 15) is 9.59 Å². The van der Waals surface area contributed by atoms with Gasteiger partial charge in [-0.25, -0.2) is 0 Å². The van der Waals surface area contributed by atoms with Crippen LogP contribution < -0.4 is 5.32 Å². The third-order valence-corrected chi connectivity index (χ3v) is 3.43. The lowest BCUT2D eigenvalue weighted by molar-refractivity contribution is -0.134. The number of amides is 2. The number of halogens is 1. The van der Waals surface area contributed by atoms with Crippen molar-refractivity contribution in [2.75, 3.05) is 0 Å². The zero-order chi connectivity index (χ0) is 12.4. The number of hydrogen-bond donors (Lipinski definition) is 1. The molecule has 1 aliphatic heterocycles. The minimum absolute atomic E-state index is 0.200. The van der Waals surface area contributed by atoms with Crippen LogP contribution in [0.1, 0.15) is 36.8 Å². The van der Waals surface area contributed by atoms with Crippen molar-refractivity contribution in [2.45, 2.75) is 32.1 Å². The van der Waals surface area contributed by atoms with Crippen molar-refractivity contribution >= 4 is 23.4 Å². The van der Waals surface area contributed by atoms with Gasteiger partial charge in [0.2, 0.25) is 11.8 Å². The van der Waals surface area contributed by atoms with Gasteiger partial charge < -0.3 is 0 Å². The molecule has 1 aromatic carbocycles. The minimum Gasteiger partial charge on any atom is -0.296 e. The average molecular weight is 252 g/mol.